The molecule has 0 saturated carbocycles. The van der Waals surface area contributed by atoms with E-state index in [9.17, 15) is 9.59 Å². The Bertz CT molecular complexity index is 1110. The van der Waals surface area contributed by atoms with Crippen molar-refractivity contribution in [3.05, 3.63) is 51.9 Å². The van der Waals surface area contributed by atoms with E-state index in [-0.39, 0.29) is 17.4 Å². The Kier molecular flexibility index (Phi) is 4.90. The molecule has 2 aromatic heterocycles. The molecule has 1 unspecified atom stereocenters. The summed E-state index contributed by atoms with van der Waals surface area (Å²) >= 11 is 0. The maximum absolute atomic E-state index is 12.8. The van der Waals surface area contributed by atoms with Crippen LogP contribution in [0.4, 0.5) is 0 Å². The van der Waals surface area contributed by atoms with Gasteiger partial charge in [-0.15, -0.1) is 0 Å². The van der Waals surface area contributed by atoms with Gasteiger partial charge >= 0.3 is 0 Å². The first kappa shape index (κ1) is 19.2. The van der Waals surface area contributed by atoms with Crippen LogP contribution in [-0.4, -0.2) is 45.6 Å². The zero-order chi connectivity index (χ0) is 20.7. The molecule has 1 N–H and O–H groups in total. The number of nitrogens with zero attached hydrogens (tertiary/aromatic N) is 3. The highest BCUT2D eigenvalue weighted by Gasteiger charge is 2.32. The lowest BCUT2D eigenvalue weighted by Gasteiger charge is -2.18. The van der Waals surface area contributed by atoms with Gasteiger partial charge in [0.2, 0.25) is 5.91 Å². The standard InChI is InChI=1S/C22H26N4O3/c1-13(2)11-25-12-16(9-19(25)27)18-10-20(28)26-22(23-18)14(3)21(24-26)15-5-7-17(29-4)8-6-15/h5-8,10,13,16,24H,9,11-12H2,1-4H3. The molecule has 1 amide bonds. The summed E-state index contributed by atoms with van der Waals surface area (Å²) in [6, 6.07) is 9.21. The van der Waals surface area contributed by atoms with Gasteiger partial charge in [0.05, 0.1) is 18.5 Å². The van der Waals surface area contributed by atoms with E-state index in [1.165, 1.54) is 4.52 Å². The van der Waals surface area contributed by atoms with Crippen LogP contribution in [0.15, 0.2) is 35.1 Å². The summed E-state index contributed by atoms with van der Waals surface area (Å²) < 4.78 is 6.69. The Morgan fingerprint density at radius 3 is 2.62 bits per heavy atom. The highest BCUT2D eigenvalue weighted by atomic mass is 16.5. The van der Waals surface area contributed by atoms with E-state index in [2.05, 4.69) is 18.9 Å². The third kappa shape index (κ3) is 3.52. The van der Waals surface area contributed by atoms with Gasteiger partial charge in [-0.2, -0.15) is 0 Å². The number of hydrogen-bond donors (Lipinski definition) is 1. The first-order valence-corrected chi connectivity index (χ1v) is 9.92. The summed E-state index contributed by atoms with van der Waals surface area (Å²) in [5.41, 5.74) is 3.83. The van der Waals surface area contributed by atoms with Crippen molar-refractivity contribution in [2.45, 2.75) is 33.1 Å². The van der Waals surface area contributed by atoms with Crippen molar-refractivity contribution in [2.75, 3.05) is 20.2 Å². The quantitative estimate of drug-likeness (QED) is 0.722. The van der Waals surface area contributed by atoms with E-state index >= 15 is 0 Å². The maximum Gasteiger partial charge on any atom is 0.272 e. The molecule has 1 atom stereocenters. The number of aryl methyl sites for hydroxylation is 1. The van der Waals surface area contributed by atoms with Gasteiger partial charge in [-0.3, -0.25) is 14.7 Å². The Labute approximate surface area is 169 Å². The summed E-state index contributed by atoms with van der Waals surface area (Å²) in [7, 11) is 1.63. The topological polar surface area (TPSA) is 79.7 Å². The number of fused-ring (bicyclic) bond motifs is 1. The van der Waals surface area contributed by atoms with E-state index in [1.807, 2.05) is 36.1 Å². The van der Waals surface area contributed by atoms with E-state index < -0.39 is 0 Å². The average Bonchev–Trinajstić information content (AvgIpc) is 3.22. The summed E-state index contributed by atoms with van der Waals surface area (Å²) in [5.74, 6) is 1.28. The van der Waals surface area contributed by atoms with Crippen molar-refractivity contribution < 1.29 is 9.53 Å². The number of carbonyl (C=O) groups excluding carboxylic acids is 1. The second-order valence-electron chi connectivity index (χ2n) is 8.11. The molecule has 0 spiro atoms. The molecule has 7 nitrogen and oxygen atoms in total. The number of aromatic amines is 1. The van der Waals surface area contributed by atoms with E-state index in [0.717, 1.165) is 29.1 Å². The van der Waals surface area contributed by atoms with Crippen LogP contribution in [0.25, 0.3) is 16.9 Å². The molecule has 1 saturated heterocycles. The van der Waals surface area contributed by atoms with Gasteiger partial charge in [-0.25, -0.2) is 9.50 Å². The average molecular weight is 394 g/mol. The third-order valence-electron chi connectivity index (χ3n) is 5.47. The van der Waals surface area contributed by atoms with Gasteiger partial charge in [0, 0.05) is 42.6 Å². The minimum Gasteiger partial charge on any atom is -0.497 e. The Morgan fingerprint density at radius 1 is 1.24 bits per heavy atom. The molecule has 4 rings (SSSR count). The normalized spacial score (nSPS) is 16.9. The third-order valence-corrected chi connectivity index (χ3v) is 5.47. The maximum atomic E-state index is 12.8. The van der Waals surface area contributed by atoms with Crippen molar-refractivity contribution in [3.8, 4) is 17.0 Å². The number of aromatic nitrogens is 3. The lowest BCUT2D eigenvalue weighted by atomic mass is 10.0. The van der Waals surface area contributed by atoms with E-state index in [1.54, 1.807) is 13.2 Å². The zero-order valence-corrected chi connectivity index (χ0v) is 17.2. The second kappa shape index (κ2) is 7.39. The first-order valence-electron chi connectivity index (χ1n) is 9.92. The fourth-order valence-corrected chi connectivity index (χ4v) is 4.00. The zero-order valence-electron chi connectivity index (χ0n) is 17.2. The van der Waals surface area contributed by atoms with Crippen molar-refractivity contribution in [3.63, 3.8) is 0 Å². The lowest BCUT2D eigenvalue weighted by molar-refractivity contribution is -0.128. The fraction of sp³-hybridized carbons (Fsp3) is 0.409. The SMILES string of the molecule is COc1ccc(-c2[nH]n3c(=O)cc(C4CC(=O)N(CC(C)C)C4)nc3c2C)cc1. The molecule has 1 fully saturated rings. The van der Waals surface area contributed by atoms with Gasteiger partial charge in [0.15, 0.2) is 5.65 Å². The number of amides is 1. The van der Waals surface area contributed by atoms with Crippen LogP contribution in [-0.2, 0) is 4.79 Å². The number of methoxy groups -OCH3 is 1. The molecule has 1 aliphatic rings. The Hall–Kier alpha value is -3.09. The highest BCUT2D eigenvalue weighted by molar-refractivity contribution is 5.79. The number of hydrogen-bond acceptors (Lipinski definition) is 4. The van der Waals surface area contributed by atoms with Gasteiger partial charge in [0.25, 0.3) is 5.56 Å². The molecule has 7 heteroatoms. The minimum atomic E-state index is -0.164. The molecule has 1 aromatic carbocycles. The summed E-state index contributed by atoms with van der Waals surface area (Å²) in [4.78, 5) is 31.8. The molecule has 0 bridgehead atoms. The largest absolute Gasteiger partial charge is 0.497 e. The van der Waals surface area contributed by atoms with E-state index in [0.29, 0.717) is 30.2 Å². The molecule has 29 heavy (non-hydrogen) atoms. The number of ether oxygens (including phenoxy) is 1. The predicted octanol–water partition coefficient (Wildman–Crippen LogP) is 2.98. The van der Waals surface area contributed by atoms with Crippen molar-refractivity contribution in [1.29, 1.82) is 0 Å². The monoisotopic (exact) mass is 394 g/mol. The molecule has 1 aliphatic heterocycles. The second-order valence-corrected chi connectivity index (χ2v) is 8.11. The number of likely N-dealkylation sites (tertiary alicyclic amines) is 1. The highest BCUT2D eigenvalue weighted by Crippen LogP contribution is 2.29. The smallest absolute Gasteiger partial charge is 0.272 e. The van der Waals surface area contributed by atoms with Gasteiger partial charge in [-0.05, 0) is 37.1 Å². The van der Waals surface area contributed by atoms with Crippen LogP contribution in [0.5, 0.6) is 5.75 Å². The Balaban J connectivity index is 1.71. The van der Waals surface area contributed by atoms with Crippen LogP contribution in [0, 0.1) is 12.8 Å². The van der Waals surface area contributed by atoms with Crippen LogP contribution >= 0.6 is 0 Å². The number of carbonyl (C=O) groups is 1. The lowest BCUT2D eigenvalue weighted by Crippen LogP contribution is -2.29. The van der Waals surface area contributed by atoms with E-state index in [4.69, 9.17) is 9.72 Å². The van der Waals surface area contributed by atoms with Crippen molar-refractivity contribution in [2.24, 2.45) is 5.92 Å². The molecule has 3 heterocycles. The summed E-state index contributed by atoms with van der Waals surface area (Å²) in [6.45, 7) is 7.50. The Morgan fingerprint density at radius 2 is 1.97 bits per heavy atom. The molecular formula is C22H26N4O3. The van der Waals surface area contributed by atoms with Crippen LogP contribution in [0.3, 0.4) is 0 Å². The molecule has 3 aromatic rings. The molecule has 0 aliphatic carbocycles. The van der Waals surface area contributed by atoms with Gasteiger partial charge < -0.3 is 9.64 Å². The minimum absolute atomic E-state index is 0.0438. The first-order chi connectivity index (χ1) is 13.9. The van der Waals surface area contributed by atoms with Crippen LogP contribution in [0.1, 0.15) is 37.4 Å². The molecule has 152 valence electrons. The van der Waals surface area contributed by atoms with Crippen LogP contribution < -0.4 is 10.3 Å². The number of H-pyrrole nitrogens is 1. The van der Waals surface area contributed by atoms with Gasteiger partial charge in [-0.1, -0.05) is 13.8 Å². The van der Waals surface area contributed by atoms with Crippen molar-refractivity contribution in [1.82, 2.24) is 19.5 Å². The number of benzene rings is 1. The fourth-order valence-electron chi connectivity index (χ4n) is 4.00. The molecule has 0 radical (unpaired) electrons. The molecular weight excluding hydrogens is 368 g/mol. The summed E-state index contributed by atoms with van der Waals surface area (Å²) in [6.07, 6.45) is 0.407. The number of rotatable bonds is 5. The summed E-state index contributed by atoms with van der Waals surface area (Å²) in [5, 5.41) is 3.17. The van der Waals surface area contributed by atoms with Crippen molar-refractivity contribution >= 4 is 11.6 Å². The van der Waals surface area contributed by atoms with Crippen LogP contribution in [0.2, 0.25) is 0 Å². The number of nitrogens with one attached hydrogen (secondary N) is 1. The predicted molar refractivity (Wildman–Crippen MR) is 111 cm³/mol. The van der Waals surface area contributed by atoms with Gasteiger partial charge in [0.1, 0.15) is 5.75 Å².